The van der Waals surface area contributed by atoms with Crippen molar-refractivity contribution in [2.75, 3.05) is 26.0 Å². The van der Waals surface area contributed by atoms with Crippen molar-refractivity contribution < 1.29 is 17.9 Å². The summed E-state index contributed by atoms with van der Waals surface area (Å²) in [5, 5.41) is 3.64. The Morgan fingerprint density at radius 2 is 2.00 bits per heavy atom. The fourth-order valence-corrected chi connectivity index (χ4v) is 4.90. The first-order valence-electron chi connectivity index (χ1n) is 9.46. The van der Waals surface area contributed by atoms with E-state index < -0.39 is 10.0 Å². The Morgan fingerprint density at radius 3 is 2.79 bits per heavy atom. The average Bonchev–Trinajstić information content (AvgIpc) is 3.17. The number of sulfonamides is 1. The molecule has 4 rings (SSSR count). The highest BCUT2D eigenvalue weighted by Gasteiger charge is 2.26. The third kappa shape index (κ3) is 4.13. The summed E-state index contributed by atoms with van der Waals surface area (Å²) in [5.41, 5.74) is 3.39. The van der Waals surface area contributed by atoms with Gasteiger partial charge >= 0.3 is 0 Å². The molecule has 0 saturated carbocycles. The predicted octanol–water partition coefficient (Wildman–Crippen LogP) is 2.29. The highest BCUT2D eigenvalue weighted by Crippen LogP contribution is 2.25. The molecule has 152 valence electrons. The van der Waals surface area contributed by atoms with E-state index in [0.717, 1.165) is 27.8 Å². The number of nitrogens with zero attached hydrogens (tertiary/aromatic N) is 1. The molecule has 3 aromatic rings. The van der Waals surface area contributed by atoms with Crippen LogP contribution >= 0.6 is 0 Å². The number of methoxy groups -OCH3 is 1. The lowest BCUT2D eigenvalue weighted by atomic mass is 10.0. The third-order valence-electron chi connectivity index (χ3n) is 5.20. The van der Waals surface area contributed by atoms with Gasteiger partial charge in [0.25, 0.3) is 5.91 Å². The van der Waals surface area contributed by atoms with Gasteiger partial charge in [0.1, 0.15) is 11.4 Å². The van der Waals surface area contributed by atoms with Gasteiger partial charge in [0.05, 0.1) is 12.9 Å². The van der Waals surface area contributed by atoms with Crippen LogP contribution in [0.15, 0.2) is 48.5 Å². The molecule has 0 aliphatic carbocycles. The topological polar surface area (TPSA) is 91.5 Å². The van der Waals surface area contributed by atoms with Crippen molar-refractivity contribution in [3.63, 3.8) is 0 Å². The summed E-state index contributed by atoms with van der Waals surface area (Å²) in [6.07, 6.45) is 0.646. The zero-order valence-corrected chi connectivity index (χ0v) is 17.0. The Labute approximate surface area is 169 Å². The van der Waals surface area contributed by atoms with Crippen LogP contribution in [-0.2, 0) is 23.0 Å². The van der Waals surface area contributed by atoms with Crippen LogP contribution in [-0.4, -0.2) is 49.6 Å². The summed E-state index contributed by atoms with van der Waals surface area (Å²) in [4.78, 5) is 15.4. The summed E-state index contributed by atoms with van der Waals surface area (Å²) < 4.78 is 32.2. The van der Waals surface area contributed by atoms with Crippen molar-refractivity contribution in [1.82, 2.24) is 14.6 Å². The van der Waals surface area contributed by atoms with Gasteiger partial charge < -0.3 is 15.0 Å². The van der Waals surface area contributed by atoms with Gasteiger partial charge in [-0.3, -0.25) is 4.79 Å². The Hall–Kier alpha value is -2.84. The van der Waals surface area contributed by atoms with Gasteiger partial charge in [0.15, 0.2) is 0 Å². The van der Waals surface area contributed by atoms with Gasteiger partial charge in [-0.15, -0.1) is 0 Å². The van der Waals surface area contributed by atoms with Gasteiger partial charge in [0.2, 0.25) is 10.0 Å². The van der Waals surface area contributed by atoms with E-state index in [2.05, 4.69) is 10.3 Å². The number of carbonyl (C=O) groups excluding carboxylic acids is 1. The summed E-state index contributed by atoms with van der Waals surface area (Å²) in [7, 11) is -1.85. The molecule has 8 heteroatoms. The van der Waals surface area contributed by atoms with Crippen molar-refractivity contribution in [3.05, 3.63) is 65.4 Å². The first kappa shape index (κ1) is 19.5. The van der Waals surface area contributed by atoms with Crippen molar-refractivity contribution in [2.45, 2.75) is 13.0 Å². The summed E-state index contributed by atoms with van der Waals surface area (Å²) >= 11 is 0. The van der Waals surface area contributed by atoms with Crippen molar-refractivity contribution >= 4 is 26.8 Å². The number of hydrogen-bond acceptors (Lipinski definition) is 4. The van der Waals surface area contributed by atoms with E-state index in [1.165, 1.54) is 4.31 Å². The number of hydrogen-bond donors (Lipinski definition) is 2. The number of rotatable bonds is 6. The molecule has 1 amide bonds. The van der Waals surface area contributed by atoms with Gasteiger partial charge in [-0.25, -0.2) is 8.42 Å². The lowest BCUT2D eigenvalue weighted by Gasteiger charge is -2.28. The fraction of sp³-hybridized carbons (Fsp3) is 0.286. The van der Waals surface area contributed by atoms with Gasteiger partial charge in [-0.2, -0.15) is 4.31 Å². The molecular formula is C21H23N3O4S. The van der Waals surface area contributed by atoms with Crippen LogP contribution in [0.5, 0.6) is 5.75 Å². The molecule has 1 aliphatic rings. The minimum Gasteiger partial charge on any atom is -0.497 e. The first-order valence-corrected chi connectivity index (χ1v) is 11.1. The van der Waals surface area contributed by atoms with Crippen LogP contribution in [0.1, 0.15) is 21.6 Å². The molecule has 1 aromatic heterocycles. The van der Waals surface area contributed by atoms with Crippen molar-refractivity contribution in [2.24, 2.45) is 0 Å². The molecule has 0 atom stereocenters. The second kappa shape index (κ2) is 7.88. The lowest BCUT2D eigenvalue weighted by Crippen LogP contribution is -2.40. The smallest absolute Gasteiger partial charge is 0.267 e. The lowest BCUT2D eigenvalue weighted by molar-refractivity contribution is 0.0952. The molecule has 2 heterocycles. The highest BCUT2D eigenvalue weighted by molar-refractivity contribution is 7.89. The molecule has 0 fully saturated rings. The van der Waals surface area contributed by atoms with Crippen molar-refractivity contribution in [3.8, 4) is 5.75 Å². The number of fused-ring (bicyclic) bond motifs is 2. The molecule has 29 heavy (non-hydrogen) atoms. The summed E-state index contributed by atoms with van der Waals surface area (Å²) in [6.45, 7) is 0.832. The quantitative estimate of drug-likeness (QED) is 0.649. The average molecular weight is 413 g/mol. The Bertz CT molecular complexity index is 1120. The predicted molar refractivity (Wildman–Crippen MR) is 112 cm³/mol. The summed E-state index contributed by atoms with van der Waals surface area (Å²) in [6, 6.07) is 15.1. The van der Waals surface area contributed by atoms with Crippen LogP contribution in [0, 0.1) is 0 Å². The number of benzene rings is 2. The molecule has 1 aliphatic heterocycles. The Morgan fingerprint density at radius 1 is 1.17 bits per heavy atom. The highest BCUT2D eigenvalue weighted by atomic mass is 32.2. The number of aromatic nitrogens is 1. The third-order valence-corrected chi connectivity index (χ3v) is 7.02. The Balaban J connectivity index is 1.35. The minimum atomic E-state index is -3.47. The van der Waals surface area contributed by atoms with Crippen LogP contribution < -0.4 is 10.1 Å². The molecular weight excluding hydrogens is 390 g/mol. The first-order chi connectivity index (χ1) is 14.0. The molecule has 2 aromatic carbocycles. The number of aromatic amines is 1. The maximum absolute atomic E-state index is 12.7. The second-order valence-corrected chi connectivity index (χ2v) is 9.15. The monoisotopic (exact) mass is 413 g/mol. The van der Waals surface area contributed by atoms with E-state index >= 15 is 0 Å². The van der Waals surface area contributed by atoms with Gasteiger partial charge in [-0.1, -0.05) is 24.3 Å². The number of ether oxygens (including phenoxy) is 1. The van der Waals surface area contributed by atoms with E-state index in [0.29, 0.717) is 25.2 Å². The van der Waals surface area contributed by atoms with Crippen molar-refractivity contribution in [1.29, 1.82) is 0 Å². The SMILES string of the molecule is COc1ccc2c(c1)CCN(S(=O)(=O)CCNC(=O)c1cc3ccccc3[nH]1)C2. The van der Waals surface area contributed by atoms with Crippen LogP contribution in [0.2, 0.25) is 0 Å². The van der Waals surface area contributed by atoms with Crippen LogP contribution in [0.3, 0.4) is 0 Å². The fourth-order valence-electron chi connectivity index (χ4n) is 3.58. The second-order valence-electron chi connectivity index (χ2n) is 7.06. The number of para-hydroxylation sites is 1. The largest absolute Gasteiger partial charge is 0.497 e. The van der Waals surface area contributed by atoms with E-state index in [1.807, 2.05) is 42.5 Å². The minimum absolute atomic E-state index is 0.0580. The summed E-state index contributed by atoms with van der Waals surface area (Å²) in [5.74, 6) is 0.331. The van der Waals surface area contributed by atoms with Crippen LogP contribution in [0.25, 0.3) is 10.9 Å². The molecule has 0 bridgehead atoms. The molecule has 2 N–H and O–H groups in total. The van der Waals surface area contributed by atoms with Gasteiger partial charge in [0, 0.05) is 30.5 Å². The zero-order valence-electron chi connectivity index (χ0n) is 16.1. The van der Waals surface area contributed by atoms with E-state index in [4.69, 9.17) is 4.74 Å². The van der Waals surface area contributed by atoms with E-state index in [-0.39, 0.29) is 18.2 Å². The van der Waals surface area contributed by atoms with Gasteiger partial charge in [-0.05, 0) is 41.8 Å². The molecule has 0 saturated heterocycles. The van der Waals surface area contributed by atoms with E-state index in [1.54, 1.807) is 13.2 Å². The number of nitrogens with one attached hydrogen (secondary N) is 2. The normalized spacial score (nSPS) is 14.5. The number of amides is 1. The standard InChI is InChI=1S/C21H23N3O4S/c1-28-18-7-6-17-14-24(10-8-15(17)12-18)29(26,27)11-9-22-21(25)20-13-16-4-2-3-5-19(16)23-20/h2-7,12-13,23H,8-11,14H2,1H3,(H,22,25). The number of H-pyrrole nitrogens is 1. The molecule has 0 unspecified atom stereocenters. The molecule has 7 nitrogen and oxygen atoms in total. The van der Waals surface area contributed by atoms with Crippen LogP contribution in [0.4, 0.5) is 0 Å². The van der Waals surface area contributed by atoms with E-state index in [9.17, 15) is 13.2 Å². The molecule has 0 spiro atoms. The maximum atomic E-state index is 12.7. The maximum Gasteiger partial charge on any atom is 0.267 e. The Kier molecular flexibility index (Phi) is 5.29. The zero-order chi connectivity index (χ0) is 20.4. The number of carbonyl (C=O) groups is 1. The molecule has 0 radical (unpaired) electrons.